The van der Waals surface area contributed by atoms with Crippen LogP contribution in [0.25, 0.3) is 11.3 Å². The Labute approximate surface area is 144 Å². The van der Waals surface area contributed by atoms with Crippen molar-refractivity contribution in [1.82, 2.24) is 4.98 Å². The van der Waals surface area contributed by atoms with Gasteiger partial charge in [-0.25, -0.2) is 9.78 Å². The Morgan fingerprint density at radius 3 is 2.52 bits per heavy atom. The molecule has 0 fully saturated rings. The zero-order valence-corrected chi connectivity index (χ0v) is 14.9. The topological polar surface area (TPSA) is 51.7 Å². The molecule has 1 heterocycles. The van der Waals surface area contributed by atoms with Crippen LogP contribution in [0.15, 0.2) is 36.2 Å². The maximum atomic E-state index is 11.9. The van der Waals surface area contributed by atoms with E-state index in [9.17, 15) is 4.79 Å². The number of carbonyl (C=O) groups excluding carboxylic acids is 1. The molecule has 0 atom stereocenters. The fourth-order valence-electron chi connectivity index (χ4n) is 1.98. The lowest BCUT2D eigenvalue weighted by atomic mass is 10.1. The molecule has 122 valence electrons. The minimum atomic E-state index is -0.491. The van der Waals surface area contributed by atoms with E-state index in [1.54, 1.807) is 11.9 Å². The van der Waals surface area contributed by atoms with Crippen LogP contribution in [0.3, 0.4) is 0 Å². The second kappa shape index (κ2) is 7.48. The van der Waals surface area contributed by atoms with Gasteiger partial charge in [-0.2, -0.15) is 0 Å². The van der Waals surface area contributed by atoms with Crippen LogP contribution in [0.2, 0.25) is 5.02 Å². The van der Waals surface area contributed by atoms with E-state index in [1.165, 1.54) is 31.8 Å². The van der Waals surface area contributed by atoms with E-state index in [4.69, 9.17) is 21.1 Å². The summed E-state index contributed by atoms with van der Waals surface area (Å²) >= 11 is 7.40. The number of carbonyl (C=O) groups is 1. The number of aromatic nitrogens is 1. The number of hydrogen-bond donors (Lipinski definition) is 0. The summed E-state index contributed by atoms with van der Waals surface area (Å²) in [6.07, 6.45) is 1.34. The largest absolute Gasteiger partial charge is 0.502 e. The van der Waals surface area contributed by atoms with Crippen molar-refractivity contribution in [3.63, 3.8) is 0 Å². The quantitative estimate of drug-likeness (QED) is 0.464. The van der Waals surface area contributed by atoms with Crippen LogP contribution >= 0.6 is 22.9 Å². The van der Waals surface area contributed by atoms with Gasteiger partial charge in [-0.15, -0.1) is 11.3 Å². The van der Waals surface area contributed by atoms with Gasteiger partial charge in [-0.3, -0.25) is 0 Å². The molecule has 2 rings (SSSR count). The van der Waals surface area contributed by atoms with Crippen molar-refractivity contribution in [2.75, 3.05) is 26.2 Å². The smallest absolute Gasteiger partial charge is 0.357 e. The number of esters is 1. The van der Waals surface area contributed by atoms with Gasteiger partial charge < -0.3 is 14.4 Å². The van der Waals surface area contributed by atoms with E-state index in [-0.39, 0.29) is 5.70 Å². The summed E-state index contributed by atoms with van der Waals surface area (Å²) in [5.41, 5.74) is 2.10. The zero-order chi connectivity index (χ0) is 17.0. The van der Waals surface area contributed by atoms with Crippen LogP contribution < -0.4 is 4.90 Å². The number of rotatable bonds is 5. The zero-order valence-electron chi connectivity index (χ0n) is 13.3. The Balaban J connectivity index is 2.38. The normalized spacial score (nSPS) is 11.3. The van der Waals surface area contributed by atoms with Crippen molar-refractivity contribution in [1.29, 1.82) is 0 Å². The predicted octanol–water partition coefficient (Wildman–Crippen LogP) is 3.87. The monoisotopic (exact) mass is 352 g/mol. The molecule has 0 aliphatic carbocycles. The number of likely N-dealkylation sites (N-methyl/N-ethyl adjacent to an activating group) is 1. The van der Waals surface area contributed by atoms with Crippen LogP contribution in [-0.4, -0.2) is 32.2 Å². The third-order valence-electron chi connectivity index (χ3n) is 3.18. The lowest BCUT2D eigenvalue weighted by Gasteiger charge is -2.17. The van der Waals surface area contributed by atoms with E-state index in [0.717, 1.165) is 16.1 Å². The summed E-state index contributed by atoms with van der Waals surface area (Å²) in [5, 5.41) is 1.34. The molecule has 0 aliphatic rings. The summed E-state index contributed by atoms with van der Waals surface area (Å²) in [4.78, 5) is 19.2. The lowest BCUT2D eigenvalue weighted by molar-refractivity contribution is -0.136. The Morgan fingerprint density at radius 2 is 1.96 bits per heavy atom. The molecule has 0 bridgehead atoms. The van der Waals surface area contributed by atoms with Crippen molar-refractivity contribution in [2.45, 2.75) is 6.92 Å². The molecule has 5 nitrogen and oxygen atoms in total. The first kappa shape index (κ1) is 17.3. The molecular weight excluding hydrogens is 336 g/mol. The van der Waals surface area contributed by atoms with Crippen molar-refractivity contribution in [2.24, 2.45) is 0 Å². The summed E-state index contributed by atoms with van der Waals surface area (Å²) in [6, 6.07) is 7.48. The van der Waals surface area contributed by atoms with Gasteiger partial charge in [0, 0.05) is 22.5 Å². The van der Waals surface area contributed by atoms with Crippen LogP contribution in [0.5, 0.6) is 0 Å². The first-order chi connectivity index (χ1) is 11.0. The lowest BCUT2D eigenvalue weighted by Crippen LogP contribution is -2.24. The van der Waals surface area contributed by atoms with Crippen molar-refractivity contribution in [3.05, 3.63) is 46.1 Å². The fourth-order valence-corrected chi connectivity index (χ4v) is 3.02. The van der Waals surface area contributed by atoms with E-state index >= 15 is 0 Å². The highest BCUT2D eigenvalue weighted by molar-refractivity contribution is 7.16. The summed E-state index contributed by atoms with van der Waals surface area (Å²) in [6.45, 7) is 1.98. The Kier molecular flexibility index (Phi) is 5.63. The molecule has 0 saturated carbocycles. The van der Waals surface area contributed by atoms with Gasteiger partial charge in [0.05, 0.1) is 19.9 Å². The molecule has 7 heteroatoms. The first-order valence-electron chi connectivity index (χ1n) is 6.76. The second-order valence-corrected chi connectivity index (χ2v) is 6.32. The number of nitrogens with zero attached hydrogens (tertiary/aromatic N) is 2. The van der Waals surface area contributed by atoms with E-state index < -0.39 is 5.97 Å². The second-order valence-electron chi connectivity index (χ2n) is 4.70. The Hall–Kier alpha value is -2.05. The molecule has 0 unspecified atom stereocenters. The molecule has 2 aromatic rings. The number of hydrogen-bond acceptors (Lipinski definition) is 6. The highest BCUT2D eigenvalue weighted by Crippen LogP contribution is 2.33. The van der Waals surface area contributed by atoms with E-state index in [0.29, 0.717) is 10.2 Å². The summed E-state index contributed by atoms with van der Waals surface area (Å²) < 4.78 is 9.74. The Bertz CT molecular complexity index is 725. The number of thiazole rings is 1. The molecule has 1 aromatic heterocycles. The SMILES string of the molecule is CO/C=C(\C(=O)OC)N(C)c1nc(-c2ccc(Cl)cc2)c(C)s1. The number of anilines is 1. The Morgan fingerprint density at radius 1 is 1.30 bits per heavy atom. The molecule has 0 N–H and O–H groups in total. The van der Waals surface area contributed by atoms with Gasteiger partial charge in [-0.05, 0) is 19.1 Å². The minimum Gasteiger partial charge on any atom is -0.502 e. The average Bonchev–Trinajstić information content (AvgIpc) is 2.94. The minimum absolute atomic E-state index is 0.270. The third kappa shape index (κ3) is 3.83. The van der Waals surface area contributed by atoms with Crippen LogP contribution in [0, 0.1) is 6.92 Å². The molecule has 1 aromatic carbocycles. The van der Waals surface area contributed by atoms with Gasteiger partial charge in [-0.1, -0.05) is 23.7 Å². The van der Waals surface area contributed by atoms with Crippen LogP contribution in [-0.2, 0) is 14.3 Å². The molecule has 0 saturated heterocycles. The van der Waals surface area contributed by atoms with Crippen molar-refractivity contribution in [3.8, 4) is 11.3 Å². The molecule has 0 aliphatic heterocycles. The van der Waals surface area contributed by atoms with Gasteiger partial charge in [0.1, 0.15) is 6.26 Å². The summed E-state index contributed by atoms with van der Waals surface area (Å²) in [5.74, 6) is -0.491. The molecular formula is C16H17ClN2O3S. The van der Waals surface area contributed by atoms with Gasteiger partial charge in [0.2, 0.25) is 0 Å². The van der Waals surface area contributed by atoms with E-state index in [2.05, 4.69) is 4.98 Å². The first-order valence-corrected chi connectivity index (χ1v) is 7.95. The average molecular weight is 353 g/mol. The maximum Gasteiger partial charge on any atom is 0.357 e. The van der Waals surface area contributed by atoms with Crippen molar-refractivity contribution < 1.29 is 14.3 Å². The van der Waals surface area contributed by atoms with E-state index in [1.807, 2.05) is 31.2 Å². The summed E-state index contributed by atoms with van der Waals surface area (Å²) in [7, 11) is 4.54. The van der Waals surface area contributed by atoms with Gasteiger partial charge in [0.25, 0.3) is 0 Å². The molecule has 0 radical (unpaired) electrons. The fraction of sp³-hybridized carbons (Fsp3) is 0.250. The van der Waals surface area contributed by atoms with Gasteiger partial charge in [0.15, 0.2) is 10.8 Å². The highest BCUT2D eigenvalue weighted by Gasteiger charge is 2.21. The standard InChI is InChI=1S/C16H17ClN2O3S/c1-10-14(11-5-7-12(17)8-6-11)18-16(23-10)19(2)13(9-21-3)15(20)22-4/h5-9H,1-4H3/b13-9+. The number of aryl methyl sites for hydroxylation is 1. The number of halogens is 1. The number of methoxy groups -OCH3 is 2. The van der Waals surface area contributed by atoms with Crippen LogP contribution in [0.4, 0.5) is 5.13 Å². The number of ether oxygens (including phenoxy) is 2. The highest BCUT2D eigenvalue weighted by atomic mass is 35.5. The maximum absolute atomic E-state index is 11.9. The van der Waals surface area contributed by atoms with Crippen LogP contribution in [0.1, 0.15) is 4.88 Å². The molecule has 23 heavy (non-hydrogen) atoms. The predicted molar refractivity (Wildman–Crippen MR) is 92.8 cm³/mol. The van der Waals surface area contributed by atoms with Crippen molar-refractivity contribution >= 4 is 34.0 Å². The van der Waals surface area contributed by atoms with Gasteiger partial charge >= 0.3 is 5.97 Å². The number of benzene rings is 1. The molecule has 0 amide bonds. The third-order valence-corrected chi connectivity index (χ3v) is 4.47. The molecule has 0 spiro atoms.